The molecule has 2 N–H and O–H groups in total. The third-order valence-electron chi connectivity index (χ3n) is 3.48. The number of aliphatic hydroxyl groups is 1. The van der Waals surface area contributed by atoms with Crippen LogP contribution in [0.1, 0.15) is 5.56 Å². The lowest BCUT2D eigenvalue weighted by molar-refractivity contribution is 0.0209. The fourth-order valence-corrected chi connectivity index (χ4v) is 2.40. The number of anilines is 1. The van der Waals surface area contributed by atoms with Gasteiger partial charge in [-0.3, -0.25) is 0 Å². The summed E-state index contributed by atoms with van der Waals surface area (Å²) in [5.41, 5.74) is 2.46. The van der Waals surface area contributed by atoms with Crippen molar-refractivity contribution in [3.63, 3.8) is 0 Å². The molecule has 0 spiro atoms. The Morgan fingerprint density at radius 1 is 1.22 bits per heavy atom. The molecule has 7 heteroatoms. The standard InChI is InChI=1S/C16H19N5O2/c1-17-15-14-16(19-10-18-15)20-11-21(14)7-13(22)9-23-8-12-5-3-2-4-6-12/h2-6,10-11,13,22H,7-9H2,1H3,(H,17,18,19)/t13-/m0/s1. The van der Waals surface area contributed by atoms with Crippen LogP contribution < -0.4 is 5.32 Å². The molecule has 0 radical (unpaired) electrons. The zero-order valence-electron chi connectivity index (χ0n) is 12.9. The van der Waals surface area contributed by atoms with E-state index in [0.717, 1.165) is 11.1 Å². The van der Waals surface area contributed by atoms with E-state index in [-0.39, 0.29) is 6.61 Å². The second-order valence-electron chi connectivity index (χ2n) is 5.20. The molecule has 0 unspecified atom stereocenters. The van der Waals surface area contributed by atoms with Gasteiger partial charge in [0.25, 0.3) is 0 Å². The molecule has 3 rings (SSSR count). The molecule has 0 aliphatic carbocycles. The van der Waals surface area contributed by atoms with Crippen LogP contribution in [0.15, 0.2) is 43.0 Å². The van der Waals surface area contributed by atoms with E-state index in [2.05, 4.69) is 20.3 Å². The first kappa shape index (κ1) is 15.4. The molecule has 0 aliphatic heterocycles. The number of fused-ring (bicyclic) bond motifs is 1. The number of aromatic nitrogens is 4. The molecule has 2 heterocycles. The number of nitrogens with one attached hydrogen (secondary N) is 1. The summed E-state index contributed by atoms with van der Waals surface area (Å²) in [6.45, 7) is 1.10. The van der Waals surface area contributed by atoms with Crippen molar-refractivity contribution in [3.05, 3.63) is 48.5 Å². The molecule has 0 aliphatic rings. The van der Waals surface area contributed by atoms with Crippen LogP contribution >= 0.6 is 0 Å². The Bertz CT molecular complexity index is 760. The van der Waals surface area contributed by atoms with E-state index >= 15 is 0 Å². The Kier molecular flexibility index (Phi) is 4.80. The van der Waals surface area contributed by atoms with Crippen molar-refractivity contribution in [1.29, 1.82) is 0 Å². The van der Waals surface area contributed by atoms with E-state index < -0.39 is 6.10 Å². The van der Waals surface area contributed by atoms with E-state index in [9.17, 15) is 5.11 Å². The first-order valence-electron chi connectivity index (χ1n) is 7.41. The monoisotopic (exact) mass is 313 g/mol. The molecular formula is C16H19N5O2. The summed E-state index contributed by atoms with van der Waals surface area (Å²) in [5, 5.41) is 13.2. The smallest absolute Gasteiger partial charge is 0.182 e. The molecule has 0 fully saturated rings. The highest BCUT2D eigenvalue weighted by atomic mass is 16.5. The SMILES string of the molecule is CNc1ncnc2ncn(C[C@H](O)COCc3ccccc3)c12. The fourth-order valence-electron chi connectivity index (χ4n) is 2.40. The second-order valence-corrected chi connectivity index (χ2v) is 5.20. The highest BCUT2D eigenvalue weighted by Gasteiger charge is 2.13. The lowest BCUT2D eigenvalue weighted by atomic mass is 10.2. The van der Waals surface area contributed by atoms with E-state index in [4.69, 9.17) is 4.74 Å². The van der Waals surface area contributed by atoms with Gasteiger partial charge < -0.3 is 19.7 Å². The normalized spacial score (nSPS) is 12.4. The van der Waals surface area contributed by atoms with E-state index in [1.807, 2.05) is 34.9 Å². The largest absolute Gasteiger partial charge is 0.389 e. The molecule has 0 amide bonds. The molecular weight excluding hydrogens is 294 g/mol. The summed E-state index contributed by atoms with van der Waals surface area (Å²) >= 11 is 0. The van der Waals surface area contributed by atoms with Gasteiger partial charge in [-0.05, 0) is 5.56 Å². The van der Waals surface area contributed by atoms with Gasteiger partial charge >= 0.3 is 0 Å². The Balaban J connectivity index is 1.61. The minimum absolute atomic E-state index is 0.247. The number of rotatable bonds is 7. The van der Waals surface area contributed by atoms with Gasteiger partial charge in [0.2, 0.25) is 0 Å². The van der Waals surface area contributed by atoms with E-state index in [1.54, 1.807) is 13.4 Å². The number of benzene rings is 1. The van der Waals surface area contributed by atoms with Gasteiger partial charge in [0.15, 0.2) is 11.5 Å². The Morgan fingerprint density at radius 3 is 2.83 bits per heavy atom. The fraction of sp³-hybridized carbons (Fsp3) is 0.312. The predicted octanol–water partition coefficient (Wildman–Crippen LogP) is 1.45. The zero-order chi connectivity index (χ0) is 16.1. The maximum Gasteiger partial charge on any atom is 0.182 e. The third-order valence-corrected chi connectivity index (χ3v) is 3.48. The van der Waals surface area contributed by atoms with Crippen molar-refractivity contribution >= 4 is 17.0 Å². The molecule has 1 aromatic carbocycles. The maximum atomic E-state index is 10.2. The van der Waals surface area contributed by atoms with Gasteiger partial charge in [-0.25, -0.2) is 15.0 Å². The van der Waals surface area contributed by atoms with Crippen molar-refractivity contribution in [2.75, 3.05) is 19.0 Å². The number of aliphatic hydroxyl groups excluding tert-OH is 1. The van der Waals surface area contributed by atoms with Crippen LogP contribution in [0.2, 0.25) is 0 Å². The molecule has 7 nitrogen and oxygen atoms in total. The van der Waals surface area contributed by atoms with Crippen LogP contribution in [0.5, 0.6) is 0 Å². The molecule has 3 aromatic rings. The number of hydrogen-bond acceptors (Lipinski definition) is 6. The molecule has 23 heavy (non-hydrogen) atoms. The lowest BCUT2D eigenvalue weighted by Crippen LogP contribution is -2.21. The van der Waals surface area contributed by atoms with E-state index in [1.165, 1.54) is 6.33 Å². The van der Waals surface area contributed by atoms with Crippen molar-refractivity contribution in [2.45, 2.75) is 19.3 Å². The number of hydrogen-bond donors (Lipinski definition) is 2. The molecule has 0 saturated heterocycles. The van der Waals surface area contributed by atoms with Gasteiger partial charge in [-0.1, -0.05) is 30.3 Å². The number of imidazole rings is 1. The van der Waals surface area contributed by atoms with Crippen LogP contribution in [-0.2, 0) is 17.9 Å². The topological polar surface area (TPSA) is 85.1 Å². The van der Waals surface area contributed by atoms with Crippen LogP contribution in [0, 0.1) is 0 Å². The summed E-state index contributed by atoms with van der Waals surface area (Å²) in [7, 11) is 1.79. The number of ether oxygens (including phenoxy) is 1. The third kappa shape index (κ3) is 3.64. The summed E-state index contributed by atoms with van der Waals surface area (Å²) in [5.74, 6) is 0.685. The maximum absolute atomic E-state index is 10.2. The molecule has 1 atom stereocenters. The van der Waals surface area contributed by atoms with Crippen LogP contribution in [-0.4, -0.2) is 44.4 Å². The zero-order valence-corrected chi connectivity index (χ0v) is 12.9. The predicted molar refractivity (Wildman–Crippen MR) is 87.0 cm³/mol. The minimum Gasteiger partial charge on any atom is -0.389 e. The van der Waals surface area contributed by atoms with E-state index in [0.29, 0.717) is 24.6 Å². The molecule has 0 bridgehead atoms. The molecule has 2 aromatic heterocycles. The molecule has 0 saturated carbocycles. The van der Waals surface area contributed by atoms with Crippen molar-refractivity contribution in [1.82, 2.24) is 19.5 Å². The highest BCUT2D eigenvalue weighted by molar-refractivity contribution is 5.82. The molecule has 120 valence electrons. The van der Waals surface area contributed by atoms with Crippen molar-refractivity contribution in [2.24, 2.45) is 0 Å². The van der Waals surface area contributed by atoms with Gasteiger partial charge in [0, 0.05) is 7.05 Å². The summed E-state index contributed by atoms with van der Waals surface area (Å²) in [4.78, 5) is 12.5. The number of nitrogens with zero attached hydrogens (tertiary/aromatic N) is 4. The highest BCUT2D eigenvalue weighted by Crippen LogP contribution is 2.18. The van der Waals surface area contributed by atoms with Gasteiger partial charge in [-0.15, -0.1) is 0 Å². The second kappa shape index (κ2) is 7.17. The van der Waals surface area contributed by atoms with Crippen LogP contribution in [0.3, 0.4) is 0 Å². The quantitative estimate of drug-likeness (QED) is 0.686. The van der Waals surface area contributed by atoms with Gasteiger partial charge in [0.1, 0.15) is 11.8 Å². The summed E-state index contributed by atoms with van der Waals surface area (Å²) in [6.07, 6.45) is 2.48. The van der Waals surface area contributed by atoms with Crippen molar-refractivity contribution in [3.8, 4) is 0 Å². The van der Waals surface area contributed by atoms with Crippen molar-refractivity contribution < 1.29 is 9.84 Å². The Labute approximate surface area is 134 Å². The summed E-state index contributed by atoms with van der Waals surface area (Å²) in [6, 6.07) is 9.88. The minimum atomic E-state index is -0.638. The van der Waals surface area contributed by atoms with Gasteiger partial charge in [0.05, 0.1) is 32.2 Å². The first-order chi connectivity index (χ1) is 11.3. The van der Waals surface area contributed by atoms with Gasteiger partial charge in [-0.2, -0.15) is 0 Å². The average molecular weight is 313 g/mol. The summed E-state index contributed by atoms with van der Waals surface area (Å²) < 4.78 is 7.40. The Hall–Kier alpha value is -2.51. The lowest BCUT2D eigenvalue weighted by Gasteiger charge is -2.13. The Morgan fingerprint density at radius 2 is 2.04 bits per heavy atom. The average Bonchev–Trinajstić information content (AvgIpc) is 2.99. The van der Waals surface area contributed by atoms with Crippen LogP contribution in [0.4, 0.5) is 5.82 Å². The van der Waals surface area contributed by atoms with Crippen LogP contribution in [0.25, 0.3) is 11.2 Å². The first-order valence-corrected chi connectivity index (χ1v) is 7.41.